The molecule has 0 fully saturated rings. The molecule has 0 amide bonds. The van der Waals surface area contributed by atoms with Crippen LogP contribution in [0.25, 0.3) is 22.4 Å². The molecule has 0 atom stereocenters. The van der Waals surface area contributed by atoms with Gasteiger partial charge in [0.1, 0.15) is 11.3 Å². The first-order valence-electron chi connectivity index (χ1n) is 5.37. The van der Waals surface area contributed by atoms with Crippen LogP contribution in [0.1, 0.15) is 0 Å². The van der Waals surface area contributed by atoms with E-state index in [1.165, 1.54) is 16.9 Å². The summed E-state index contributed by atoms with van der Waals surface area (Å²) in [6, 6.07) is 9.30. The van der Waals surface area contributed by atoms with Crippen LogP contribution in [0.5, 0.6) is 0 Å². The Labute approximate surface area is 103 Å². The average molecular weight is 240 g/mol. The lowest BCUT2D eigenvalue weighted by Gasteiger charge is -2.06. The van der Waals surface area contributed by atoms with Gasteiger partial charge in [-0.3, -0.25) is 0 Å². The van der Waals surface area contributed by atoms with E-state index >= 15 is 0 Å². The predicted molar refractivity (Wildman–Crippen MR) is 66.3 cm³/mol. The topological polar surface area (TPSA) is 84.1 Å². The summed E-state index contributed by atoms with van der Waals surface area (Å²) in [4.78, 5) is 4.34. The van der Waals surface area contributed by atoms with Crippen LogP contribution in [0.2, 0.25) is 0 Å². The van der Waals surface area contributed by atoms with Gasteiger partial charge < -0.3 is 14.5 Å². The maximum absolute atomic E-state index is 9.48. The van der Waals surface area contributed by atoms with E-state index in [2.05, 4.69) is 15.2 Å². The largest absolute Gasteiger partial charge is 0.593 e. The second-order valence-electron chi connectivity index (χ2n) is 3.78. The van der Waals surface area contributed by atoms with E-state index in [9.17, 15) is 10.0 Å². The number of fused-ring (bicyclic) bond motifs is 1. The summed E-state index contributed by atoms with van der Waals surface area (Å²) in [5, 5.41) is 26.4. The molecule has 2 aromatic heterocycles. The Morgan fingerprint density at radius 1 is 1.00 bits per heavy atom. The Morgan fingerprint density at radius 3 is 2.44 bits per heavy atom. The molecule has 18 heavy (non-hydrogen) atoms. The van der Waals surface area contributed by atoms with Crippen LogP contribution in [0.15, 0.2) is 42.7 Å². The molecule has 0 unspecified atom stereocenters. The van der Waals surface area contributed by atoms with Crippen molar-refractivity contribution < 1.29 is 10.0 Å². The summed E-state index contributed by atoms with van der Waals surface area (Å²) in [7, 11) is -1.67. The number of rotatable bonds is 2. The molecule has 0 saturated carbocycles. The first-order chi connectivity index (χ1) is 8.77. The lowest BCUT2D eigenvalue weighted by molar-refractivity contribution is 0.394. The molecule has 0 radical (unpaired) electrons. The van der Waals surface area contributed by atoms with Gasteiger partial charge in [0.05, 0.1) is 17.9 Å². The zero-order chi connectivity index (χ0) is 12.5. The minimum Gasteiger partial charge on any atom is -0.407 e. The van der Waals surface area contributed by atoms with Gasteiger partial charge in [0, 0.05) is 5.56 Å². The standard InChI is InChI=1S/C11H9BN4O2/c17-12(18)16-10-7-14-13-6-9(10)15-11(16)8-4-2-1-3-5-8/h1-7,17-18H. The zero-order valence-electron chi connectivity index (χ0n) is 9.30. The van der Waals surface area contributed by atoms with Gasteiger partial charge in [0.25, 0.3) is 0 Å². The Hall–Kier alpha value is -2.25. The van der Waals surface area contributed by atoms with Crippen molar-refractivity contribution in [2.75, 3.05) is 0 Å². The van der Waals surface area contributed by atoms with Crippen LogP contribution in [0.4, 0.5) is 0 Å². The molecule has 3 aromatic rings. The SMILES string of the molecule is OB(O)n1c(-c2ccccc2)nc2cnncc21. The van der Waals surface area contributed by atoms with E-state index in [4.69, 9.17) is 0 Å². The number of hydrogen-bond donors (Lipinski definition) is 2. The van der Waals surface area contributed by atoms with Gasteiger partial charge in [-0.1, -0.05) is 30.3 Å². The average Bonchev–Trinajstić information content (AvgIpc) is 2.79. The maximum atomic E-state index is 9.48. The number of benzene rings is 1. The number of nitrogens with zero attached hydrogens (tertiary/aromatic N) is 4. The third-order valence-electron chi connectivity index (χ3n) is 2.67. The normalized spacial score (nSPS) is 10.8. The monoisotopic (exact) mass is 240 g/mol. The van der Waals surface area contributed by atoms with Crippen LogP contribution in [-0.4, -0.2) is 37.0 Å². The van der Waals surface area contributed by atoms with E-state index < -0.39 is 7.25 Å². The van der Waals surface area contributed by atoms with E-state index in [0.717, 1.165) is 5.56 Å². The van der Waals surface area contributed by atoms with Crippen molar-refractivity contribution in [2.24, 2.45) is 0 Å². The third kappa shape index (κ3) is 1.66. The van der Waals surface area contributed by atoms with Gasteiger partial charge in [0.2, 0.25) is 0 Å². The number of aromatic nitrogens is 4. The van der Waals surface area contributed by atoms with Crippen LogP contribution < -0.4 is 0 Å². The second-order valence-corrected chi connectivity index (χ2v) is 3.78. The van der Waals surface area contributed by atoms with E-state index in [0.29, 0.717) is 16.9 Å². The van der Waals surface area contributed by atoms with Crippen molar-refractivity contribution in [1.82, 2.24) is 19.7 Å². The highest BCUT2D eigenvalue weighted by atomic mass is 16.4. The van der Waals surface area contributed by atoms with Crippen LogP contribution >= 0.6 is 0 Å². The van der Waals surface area contributed by atoms with Crippen molar-refractivity contribution in [3.8, 4) is 11.4 Å². The first-order valence-corrected chi connectivity index (χ1v) is 5.37. The van der Waals surface area contributed by atoms with E-state index in [-0.39, 0.29) is 0 Å². The number of imidazole rings is 1. The Morgan fingerprint density at radius 2 is 1.72 bits per heavy atom. The molecule has 88 valence electrons. The highest BCUT2D eigenvalue weighted by Crippen LogP contribution is 2.23. The molecule has 0 saturated heterocycles. The van der Waals surface area contributed by atoms with Gasteiger partial charge in [0.15, 0.2) is 0 Å². The van der Waals surface area contributed by atoms with Crippen molar-refractivity contribution in [3.05, 3.63) is 42.7 Å². The minimum absolute atomic E-state index is 0.468. The summed E-state index contributed by atoms with van der Waals surface area (Å²) in [5.41, 5.74) is 1.89. The fourth-order valence-corrected chi connectivity index (χ4v) is 1.89. The molecule has 0 aliphatic rings. The van der Waals surface area contributed by atoms with Gasteiger partial charge in [-0.2, -0.15) is 10.2 Å². The molecule has 3 rings (SSSR count). The van der Waals surface area contributed by atoms with Gasteiger partial charge in [-0.05, 0) is 0 Å². The molecule has 0 bridgehead atoms. The molecule has 7 heteroatoms. The molecule has 0 aliphatic carbocycles. The first kappa shape index (κ1) is 10.9. The van der Waals surface area contributed by atoms with E-state index in [1.807, 2.05) is 30.3 Å². The summed E-state index contributed by atoms with van der Waals surface area (Å²) in [5.74, 6) is 0.468. The summed E-state index contributed by atoms with van der Waals surface area (Å²) in [6.45, 7) is 0. The lowest BCUT2D eigenvalue weighted by atomic mass is 10.1. The smallest absolute Gasteiger partial charge is 0.407 e. The fourth-order valence-electron chi connectivity index (χ4n) is 1.89. The van der Waals surface area contributed by atoms with Gasteiger partial charge >= 0.3 is 7.25 Å². The van der Waals surface area contributed by atoms with Crippen LogP contribution in [0.3, 0.4) is 0 Å². The molecule has 0 aliphatic heterocycles. The molecule has 2 N–H and O–H groups in total. The number of hydrogen-bond acceptors (Lipinski definition) is 5. The third-order valence-corrected chi connectivity index (χ3v) is 2.67. The molecular weight excluding hydrogens is 231 g/mol. The Balaban J connectivity index is 2.32. The van der Waals surface area contributed by atoms with Crippen LogP contribution in [0, 0.1) is 0 Å². The lowest BCUT2D eigenvalue weighted by Crippen LogP contribution is -2.24. The second kappa shape index (κ2) is 4.21. The quantitative estimate of drug-likeness (QED) is 0.630. The minimum atomic E-state index is -1.67. The van der Waals surface area contributed by atoms with Gasteiger partial charge in [-0.25, -0.2) is 4.98 Å². The maximum Gasteiger partial charge on any atom is 0.593 e. The van der Waals surface area contributed by atoms with Crippen molar-refractivity contribution in [3.63, 3.8) is 0 Å². The molecule has 2 heterocycles. The summed E-state index contributed by atoms with van der Waals surface area (Å²) >= 11 is 0. The molecular formula is C11H9BN4O2. The highest BCUT2D eigenvalue weighted by Gasteiger charge is 2.21. The Kier molecular flexibility index (Phi) is 2.54. The van der Waals surface area contributed by atoms with Crippen molar-refractivity contribution in [2.45, 2.75) is 0 Å². The predicted octanol–water partition coefficient (Wildman–Crippen LogP) is 0.311. The van der Waals surface area contributed by atoms with E-state index in [1.54, 1.807) is 0 Å². The summed E-state index contributed by atoms with van der Waals surface area (Å²) in [6.07, 6.45) is 2.94. The van der Waals surface area contributed by atoms with Crippen LogP contribution in [-0.2, 0) is 0 Å². The zero-order valence-corrected chi connectivity index (χ0v) is 9.30. The summed E-state index contributed by atoms with van der Waals surface area (Å²) < 4.78 is 1.30. The van der Waals surface area contributed by atoms with Crippen molar-refractivity contribution in [1.29, 1.82) is 0 Å². The Bertz CT molecular complexity index is 684. The van der Waals surface area contributed by atoms with Crippen molar-refractivity contribution >= 4 is 18.3 Å². The highest BCUT2D eigenvalue weighted by molar-refractivity contribution is 6.41. The molecule has 0 spiro atoms. The fraction of sp³-hybridized carbons (Fsp3) is 0. The van der Waals surface area contributed by atoms with Gasteiger partial charge in [-0.15, -0.1) is 0 Å². The molecule has 6 nitrogen and oxygen atoms in total. The molecule has 1 aromatic carbocycles.